The van der Waals surface area contributed by atoms with Crippen LogP contribution in [0.15, 0.2) is 30.3 Å². The molecule has 0 aliphatic heterocycles. The highest BCUT2D eigenvalue weighted by molar-refractivity contribution is 5.85. The molecule has 0 radical (unpaired) electrons. The monoisotopic (exact) mass is 215 g/mol. The fourth-order valence-corrected chi connectivity index (χ4v) is 1.18. The molecule has 0 unspecified atom stereocenters. The Balaban J connectivity index is 0.00000169. The van der Waals surface area contributed by atoms with Crippen molar-refractivity contribution in [2.45, 2.75) is 6.04 Å². The van der Waals surface area contributed by atoms with Gasteiger partial charge in [-0.1, -0.05) is 30.3 Å². The van der Waals surface area contributed by atoms with Gasteiger partial charge in [-0.05, 0) is 12.6 Å². The first-order chi connectivity index (χ1) is 6.29. The van der Waals surface area contributed by atoms with E-state index in [0.29, 0.717) is 0 Å². The number of hydrogen-bond acceptors (Lipinski definition) is 3. The number of ether oxygens (including phenoxy) is 1. The predicted molar refractivity (Wildman–Crippen MR) is 57.5 cm³/mol. The van der Waals surface area contributed by atoms with Gasteiger partial charge in [0.25, 0.3) is 0 Å². The molecule has 1 aromatic rings. The van der Waals surface area contributed by atoms with E-state index in [4.69, 9.17) is 0 Å². The van der Waals surface area contributed by atoms with E-state index in [1.165, 1.54) is 7.11 Å². The summed E-state index contributed by atoms with van der Waals surface area (Å²) in [6.45, 7) is 0. The Kier molecular flexibility index (Phi) is 5.92. The highest BCUT2D eigenvalue weighted by Crippen LogP contribution is 2.12. The molecule has 0 amide bonds. The lowest BCUT2D eigenvalue weighted by molar-refractivity contribution is -0.143. The molecular weight excluding hydrogens is 202 g/mol. The van der Waals surface area contributed by atoms with Crippen molar-refractivity contribution in [3.63, 3.8) is 0 Å². The van der Waals surface area contributed by atoms with Crippen molar-refractivity contribution in [1.82, 2.24) is 5.32 Å². The number of halogens is 1. The molecule has 0 saturated heterocycles. The summed E-state index contributed by atoms with van der Waals surface area (Å²) in [6, 6.07) is 9.10. The Labute approximate surface area is 89.9 Å². The molecule has 0 saturated carbocycles. The van der Waals surface area contributed by atoms with Gasteiger partial charge in [-0.25, -0.2) is 4.79 Å². The lowest BCUT2D eigenvalue weighted by Crippen LogP contribution is -2.26. The summed E-state index contributed by atoms with van der Waals surface area (Å²) in [4.78, 5) is 11.3. The van der Waals surface area contributed by atoms with Crippen LogP contribution in [-0.2, 0) is 9.53 Å². The third-order valence-corrected chi connectivity index (χ3v) is 1.86. The molecule has 14 heavy (non-hydrogen) atoms. The largest absolute Gasteiger partial charge is 0.468 e. The van der Waals surface area contributed by atoms with Crippen LogP contribution < -0.4 is 5.32 Å². The average Bonchev–Trinajstić information content (AvgIpc) is 2.20. The molecule has 0 fully saturated rings. The van der Waals surface area contributed by atoms with E-state index in [0.717, 1.165) is 5.56 Å². The van der Waals surface area contributed by atoms with Crippen LogP contribution in [0.5, 0.6) is 0 Å². The van der Waals surface area contributed by atoms with Gasteiger partial charge in [-0.3, -0.25) is 0 Å². The van der Waals surface area contributed by atoms with E-state index in [9.17, 15) is 4.79 Å². The summed E-state index contributed by atoms with van der Waals surface area (Å²) in [5.41, 5.74) is 0.914. The number of hydrogen-bond donors (Lipinski definition) is 1. The van der Waals surface area contributed by atoms with Crippen molar-refractivity contribution in [2.24, 2.45) is 0 Å². The third kappa shape index (κ3) is 3.01. The molecule has 1 N–H and O–H groups in total. The van der Waals surface area contributed by atoms with Gasteiger partial charge in [-0.15, -0.1) is 12.4 Å². The van der Waals surface area contributed by atoms with Crippen molar-refractivity contribution in [1.29, 1.82) is 0 Å². The Bertz CT molecular complexity index is 277. The minimum Gasteiger partial charge on any atom is -0.468 e. The van der Waals surface area contributed by atoms with E-state index in [1.807, 2.05) is 30.3 Å². The van der Waals surface area contributed by atoms with E-state index in [-0.39, 0.29) is 24.4 Å². The number of esters is 1. The van der Waals surface area contributed by atoms with Crippen LogP contribution in [0.1, 0.15) is 11.6 Å². The third-order valence-electron chi connectivity index (χ3n) is 1.86. The molecule has 78 valence electrons. The molecule has 1 aromatic carbocycles. The van der Waals surface area contributed by atoms with Gasteiger partial charge in [-0.2, -0.15) is 0 Å². The fraction of sp³-hybridized carbons (Fsp3) is 0.300. The van der Waals surface area contributed by atoms with Gasteiger partial charge in [0.15, 0.2) is 0 Å². The lowest BCUT2D eigenvalue weighted by atomic mass is 10.1. The van der Waals surface area contributed by atoms with Crippen LogP contribution in [0.4, 0.5) is 0 Å². The number of carbonyl (C=O) groups excluding carboxylic acids is 1. The number of likely N-dealkylation sites (N-methyl/N-ethyl adjacent to an activating group) is 1. The van der Waals surface area contributed by atoms with Crippen LogP contribution in [0.25, 0.3) is 0 Å². The second kappa shape index (κ2) is 6.40. The minimum absolute atomic E-state index is 0. The minimum atomic E-state index is -0.369. The van der Waals surface area contributed by atoms with E-state index >= 15 is 0 Å². The normalized spacial score (nSPS) is 11.3. The Morgan fingerprint density at radius 2 is 1.93 bits per heavy atom. The van der Waals surface area contributed by atoms with Gasteiger partial charge in [0.1, 0.15) is 6.04 Å². The second-order valence-electron chi connectivity index (χ2n) is 2.66. The second-order valence-corrected chi connectivity index (χ2v) is 2.66. The summed E-state index contributed by atoms with van der Waals surface area (Å²) in [6.07, 6.45) is 0. The van der Waals surface area contributed by atoms with Crippen molar-refractivity contribution < 1.29 is 9.53 Å². The number of benzene rings is 1. The first kappa shape index (κ1) is 12.9. The molecule has 0 heterocycles. The zero-order valence-electron chi connectivity index (χ0n) is 8.19. The number of carbonyl (C=O) groups is 1. The Hall–Kier alpha value is -1.06. The van der Waals surface area contributed by atoms with Crippen LogP contribution in [0.2, 0.25) is 0 Å². The summed E-state index contributed by atoms with van der Waals surface area (Å²) >= 11 is 0. The van der Waals surface area contributed by atoms with Crippen LogP contribution in [0.3, 0.4) is 0 Å². The fourth-order valence-electron chi connectivity index (χ4n) is 1.18. The maximum Gasteiger partial charge on any atom is 0.327 e. The van der Waals surface area contributed by atoms with E-state index < -0.39 is 0 Å². The van der Waals surface area contributed by atoms with E-state index in [1.54, 1.807) is 7.05 Å². The first-order valence-corrected chi connectivity index (χ1v) is 4.09. The Morgan fingerprint density at radius 1 is 1.36 bits per heavy atom. The quantitative estimate of drug-likeness (QED) is 0.778. The molecule has 3 nitrogen and oxygen atoms in total. The standard InChI is InChI=1S/C10H13NO2.ClH/c1-11-9(10(12)13-2)8-6-4-3-5-7-8;/h3-7,9,11H,1-2H3;1H/t9-;/m0./s1. The van der Waals surface area contributed by atoms with Crippen molar-refractivity contribution >= 4 is 18.4 Å². The number of methoxy groups -OCH3 is 1. The molecule has 4 heteroatoms. The average molecular weight is 216 g/mol. The van der Waals surface area contributed by atoms with Gasteiger partial charge < -0.3 is 10.1 Å². The van der Waals surface area contributed by atoms with Crippen molar-refractivity contribution in [2.75, 3.05) is 14.2 Å². The molecule has 0 aliphatic rings. The molecule has 0 bridgehead atoms. The smallest absolute Gasteiger partial charge is 0.327 e. The van der Waals surface area contributed by atoms with Gasteiger partial charge in [0, 0.05) is 0 Å². The van der Waals surface area contributed by atoms with Crippen LogP contribution in [0, 0.1) is 0 Å². The molecule has 0 aliphatic carbocycles. The number of nitrogens with one attached hydrogen (secondary N) is 1. The van der Waals surface area contributed by atoms with Gasteiger partial charge in [0.2, 0.25) is 0 Å². The topological polar surface area (TPSA) is 38.3 Å². The summed E-state index contributed by atoms with van der Waals surface area (Å²) in [5, 5.41) is 2.89. The molecule has 1 rings (SSSR count). The van der Waals surface area contributed by atoms with Crippen molar-refractivity contribution in [3.8, 4) is 0 Å². The maximum atomic E-state index is 11.3. The summed E-state index contributed by atoms with van der Waals surface area (Å²) < 4.78 is 4.66. The zero-order chi connectivity index (χ0) is 9.68. The number of rotatable bonds is 3. The highest BCUT2D eigenvalue weighted by atomic mass is 35.5. The highest BCUT2D eigenvalue weighted by Gasteiger charge is 2.17. The van der Waals surface area contributed by atoms with Crippen molar-refractivity contribution in [3.05, 3.63) is 35.9 Å². The van der Waals surface area contributed by atoms with Gasteiger partial charge >= 0.3 is 5.97 Å². The van der Waals surface area contributed by atoms with Crippen LogP contribution in [-0.4, -0.2) is 20.1 Å². The first-order valence-electron chi connectivity index (χ1n) is 4.09. The zero-order valence-corrected chi connectivity index (χ0v) is 9.01. The predicted octanol–water partition coefficient (Wildman–Crippen LogP) is 1.54. The van der Waals surface area contributed by atoms with E-state index in [2.05, 4.69) is 10.1 Å². The van der Waals surface area contributed by atoms with Crippen LogP contribution >= 0.6 is 12.4 Å². The summed E-state index contributed by atoms with van der Waals surface area (Å²) in [5.74, 6) is -0.270. The molecular formula is C10H14ClNO2. The molecule has 0 spiro atoms. The molecule has 1 atom stereocenters. The summed E-state index contributed by atoms with van der Waals surface area (Å²) in [7, 11) is 3.12. The molecule has 0 aromatic heterocycles. The van der Waals surface area contributed by atoms with Gasteiger partial charge in [0.05, 0.1) is 7.11 Å². The maximum absolute atomic E-state index is 11.3. The lowest BCUT2D eigenvalue weighted by Gasteiger charge is -2.13. The Morgan fingerprint density at radius 3 is 2.36 bits per heavy atom. The SMILES string of the molecule is CN[C@H](C(=O)OC)c1ccccc1.Cl.